The summed E-state index contributed by atoms with van der Waals surface area (Å²) in [5.74, 6) is 1.99. The number of sulfonamides is 1. The van der Waals surface area contributed by atoms with Gasteiger partial charge in [0.15, 0.2) is 0 Å². The molecule has 122 valence electrons. The maximum absolute atomic E-state index is 11.6. The van der Waals surface area contributed by atoms with E-state index in [2.05, 4.69) is 14.9 Å². The molecule has 1 unspecified atom stereocenters. The quantitative estimate of drug-likeness (QED) is 0.799. The van der Waals surface area contributed by atoms with Crippen LogP contribution in [0.5, 0.6) is 0 Å². The van der Waals surface area contributed by atoms with E-state index in [0.29, 0.717) is 32.1 Å². The molecule has 2 aliphatic heterocycles. The third-order valence-electron chi connectivity index (χ3n) is 4.22. The lowest BCUT2D eigenvalue weighted by Crippen LogP contribution is -2.48. The Balaban J connectivity index is 1.75. The van der Waals surface area contributed by atoms with Crippen molar-refractivity contribution in [3.63, 3.8) is 0 Å². The van der Waals surface area contributed by atoms with Crippen molar-refractivity contribution in [2.75, 3.05) is 50.5 Å². The molecule has 1 aromatic heterocycles. The van der Waals surface area contributed by atoms with Crippen molar-refractivity contribution < 1.29 is 13.2 Å². The number of ether oxygens (including phenoxy) is 1. The first-order valence-corrected chi connectivity index (χ1v) is 9.42. The van der Waals surface area contributed by atoms with Crippen LogP contribution in [0.15, 0.2) is 6.07 Å². The van der Waals surface area contributed by atoms with E-state index in [9.17, 15) is 8.42 Å². The summed E-state index contributed by atoms with van der Waals surface area (Å²) in [6.07, 6.45) is 2.26. The molecular formula is C14H22N4O3S. The molecule has 22 heavy (non-hydrogen) atoms. The maximum Gasteiger partial charge on any atom is 0.211 e. The van der Waals surface area contributed by atoms with Gasteiger partial charge in [-0.3, -0.25) is 0 Å². The van der Waals surface area contributed by atoms with Crippen LogP contribution in [-0.4, -0.2) is 68.3 Å². The number of nitrogens with zero attached hydrogens (tertiary/aromatic N) is 4. The van der Waals surface area contributed by atoms with E-state index in [1.807, 2.05) is 13.0 Å². The summed E-state index contributed by atoms with van der Waals surface area (Å²) in [4.78, 5) is 11.2. The fourth-order valence-corrected chi connectivity index (χ4v) is 3.79. The van der Waals surface area contributed by atoms with Crippen molar-refractivity contribution in [3.05, 3.63) is 17.6 Å². The van der Waals surface area contributed by atoms with Crippen molar-refractivity contribution in [2.24, 2.45) is 0 Å². The van der Waals surface area contributed by atoms with Gasteiger partial charge in [-0.05, 0) is 13.3 Å². The molecule has 0 aromatic carbocycles. The summed E-state index contributed by atoms with van der Waals surface area (Å²) in [5.41, 5.74) is 1.03. The van der Waals surface area contributed by atoms with Crippen LogP contribution in [0, 0.1) is 6.92 Å². The van der Waals surface area contributed by atoms with Crippen LogP contribution in [0.25, 0.3) is 0 Å². The lowest BCUT2D eigenvalue weighted by molar-refractivity contribution is 0.193. The maximum atomic E-state index is 11.6. The zero-order valence-electron chi connectivity index (χ0n) is 13.0. The first kappa shape index (κ1) is 15.6. The van der Waals surface area contributed by atoms with Crippen molar-refractivity contribution in [1.82, 2.24) is 14.3 Å². The molecule has 3 rings (SSSR count). The first-order chi connectivity index (χ1) is 10.4. The van der Waals surface area contributed by atoms with Crippen LogP contribution < -0.4 is 4.90 Å². The van der Waals surface area contributed by atoms with E-state index < -0.39 is 10.0 Å². The average Bonchev–Trinajstić information content (AvgIpc) is 3.00. The SMILES string of the molecule is Cc1nc(C2CCOC2)cc(N2CCN(S(C)(=O)=O)CC2)n1. The topological polar surface area (TPSA) is 75.6 Å². The number of rotatable bonds is 3. The van der Waals surface area contributed by atoms with Crippen LogP contribution in [0.3, 0.4) is 0 Å². The fourth-order valence-electron chi connectivity index (χ4n) is 2.96. The molecule has 2 aliphatic rings. The molecule has 0 bridgehead atoms. The Kier molecular flexibility index (Phi) is 4.33. The normalized spacial score (nSPS) is 23.9. The van der Waals surface area contributed by atoms with Crippen molar-refractivity contribution in [2.45, 2.75) is 19.3 Å². The second-order valence-electron chi connectivity index (χ2n) is 5.91. The minimum Gasteiger partial charge on any atom is -0.381 e. The predicted octanol–water partition coefficient (Wildman–Crippen LogP) is 0.371. The molecule has 2 fully saturated rings. The number of aromatic nitrogens is 2. The third-order valence-corrected chi connectivity index (χ3v) is 5.53. The highest BCUT2D eigenvalue weighted by Gasteiger charge is 2.26. The van der Waals surface area contributed by atoms with Gasteiger partial charge in [0.1, 0.15) is 11.6 Å². The minimum atomic E-state index is -3.10. The van der Waals surface area contributed by atoms with Gasteiger partial charge in [0.25, 0.3) is 0 Å². The van der Waals surface area contributed by atoms with Crippen LogP contribution in [0.4, 0.5) is 5.82 Å². The van der Waals surface area contributed by atoms with Gasteiger partial charge in [0.2, 0.25) is 10.0 Å². The van der Waals surface area contributed by atoms with Gasteiger partial charge in [0.05, 0.1) is 18.6 Å². The molecule has 0 amide bonds. The highest BCUT2D eigenvalue weighted by Crippen LogP contribution is 2.26. The van der Waals surface area contributed by atoms with E-state index in [-0.39, 0.29) is 0 Å². The zero-order chi connectivity index (χ0) is 15.7. The van der Waals surface area contributed by atoms with Crippen molar-refractivity contribution >= 4 is 15.8 Å². The molecule has 0 radical (unpaired) electrons. The first-order valence-electron chi connectivity index (χ1n) is 7.57. The minimum absolute atomic E-state index is 0.345. The molecule has 0 saturated carbocycles. The third kappa shape index (κ3) is 3.39. The summed E-state index contributed by atoms with van der Waals surface area (Å²) in [6, 6.07) is 2.03. The largest absolute Gasteiger partial charge is 0.381 e. The molecule has 0 aliphatic carbocycles. The Morgan fingerprint density at radius 2 is 1.95 bits per heavy atom. The highest BCUT2D eigenvalue weighted by atomic mass is 32.2. The van der Waals surface area contributed by atoms with E-state index >= 15 is 0 Å². The summed E-state index contributed by atoms with van der Waals surface area (Å²) in [5, 5.41) is 0. The molecule has 7 nitrogen and oxygen atoms in total. The predicted molar refractivity (Wildman–Crippen MR) is 83.6 cm³/mol. The van der Waals surface area contributed by atoms with E-state index in [4.69, 9.17) is 4.74 Å². The molecular weight excluding hydrogens is 304 g/mol. The number of piperazine rings is 1. The second-order valence-corrected chi connectivity index (χ2v) is 7.89. The molecule has 3 heterocycles. The summed E-state index contributed by atoms with van der Waals surface area (Å²) in [6.45, 7) is 5.73. The Bertz CT molecular complexity index is 635. The van der Waals surface area contributed by atoms with Gasteiger partial charge >= 0.3 is 0 Å². The van der Waals surface area contributed by atoms with Crippen LogP contribution in [0.2, 0.25) is 0 Å². The number of aryl methyl sites for hydroxylation is 1. The Morgan fingerprint density at radius 1 is 1.23 bits per heavy atom. The number of anilines is 1. The molecule has 8 heteroatoms. The van der Waals surface area contributed by atoms with Crippen LogP contribution in [-0.2, 0) is 14.8 Å². The van der Waals surface area contributed by atoms with Gasteiger partial charge in [-0.2, -0.15) is 4.31 Å². The van der Waals surface area contributed by atoms with E-state index in [0.717, 1.165) is 37.0 Å². The number of hydrogen-bond acceptors (Lipinski definition) is 6. The van der Waals surface area contributed by atoms with Gasteiger partial charge < -0.3 is 9.64 Å². The standard InChI is InChI=1S/C14H22N4O3S/c1-11-15-13(12-3-8-21-10-12)9-14(16-11)17-4-6-18(7-5-17)22(2,19)20/h9,12H,3-8,10H2,1-2H3. The van der Waals surface area contributed by atoms with Crippen molar-refractivity contribution in [3.8, 4) is 0 Å². The highest BCUT2D eigenvalue weighted by molar-refractivity contribution is 7.88. The van der Waals surface area contributed by atoms with Gasteiger partial charge in [-0.15, -0.1) is 0 Å². The fraction of sp³-hybridized carbons (Fsp3) is 0.714. The Labute approximate surface area is 131 Å². The lowest BCUT2D eigenvalue weighted by atomic mass is 10.0. The second kappa shape index (κ2) is 6.10. The van der Waals surface area contributed by atoms with Gasteiger partial charge in [-0.25, -0.2) is 18.4 Å². The van der Waals surface area contributed by atoms with Crippen LogP contribution in [0.1, 0.15) is 23.9 Å². The van der Waals surface area contributed by atoms with Crippen molar-refractivity contribution in [1.29, 1.82) is 0 Å². The zero-order valence-corrected chi connectivity index (χ0v) is 13.8. The van der Waals surface area contributed by atoms with E-state index in [1.165, 1.54) is 10.6 Å². The summed E-state index contributed by atoms with van der Waals surface area (Å²) in [7, 11) is -3.10. The molecule has 1 aromatic rings. The van der Waals surface area contributed by atoms with E-state index in [1.54, 1.807) is 0 Å². The smallest absolute Gasteiger partial charge is 0.211 e. The Morgan fingerprint density at radius 3 is 2.55 bits per heavy atom. The molecule has 2 saturated heterocycles. The molecule has 0 N–H and O–H groups in total. The summed E-state index contributed by atoms with van der Waals surface area (Å²) < 4.78 is 30.1. The summed E-state index contributed by atoms with van der Waals surface area (Å²) >= 11 is 0. The van der Waals surface area contributed by atoms with Crippen LogP contribution >= 0.6 is 0 Å². The average molecular weight is 326 g/mol. The lowest BCUT2D eigenvalue weighted by Gasteiger charge is -2.34. The molecule has 1 atom stereocenters. The molecule has 0 spiro atoms. The van der Waals surface area contributed by atoms with Gasteiger partial charge in [-0.1, -0.05) is 0 Å². The Hall–Kier alpha value is -1.25. The number of hydrogen-bond donors (Lipinski definition) is 0. The van der Waals surface area contributed by atoms with Gasteiger partial charge in [0, 0.05) is 44.8 Å². The monoisotopic (exact) mass is 326 g/mol.